The molecular weight excluding hydrogens is 344 g/mol. The number of anilines is 1. The maximum atomic E-state index is 5.94. The van der Waals surface area contributed by atoms with Gasteiger partial charge in [-0.05, 0) is 49.3 Å². The van der Waals surface area contributed by atoms with E-state index in [0.29, 0.717) is 44.7 Å². The second kappa shape index (κ2) is 6.26. The highest BCUT2D eigenvalue weighted by molar-refractivity contribution is 7.80. The standard InChI is InChI=1S/C16H13ClN6S/c17-13-3-1-2-10(20-13)12-8-18-11-6-7-14(22-15(11)21-12)23-16(24)19-9-4-5-9/h1-3,6-9H,4-5H2,(H2,19,21,22,23,24). The Morgan fingerprint density at radius 1 is 1.08 bits per heavy atom. The number of aromatic nitrogens is 4. The minimum absolute atomic E-state index is 0.411. The van der Waals surface area contributed by atoms with Gasteiger partial charge in [0.15, 0.2) is 10.8 Å². The van der Waals surface area contributed by atoms with Crippen LogP contribution in [0.5, 0.6) is 0 Å². The van der Waals surface area contributed by atoms with E-state index >= 15 is 0 Å². The number of thiocarbonyl (C=S) groups is 1. The normalized spacial score (nSPS) is 13.7. The highest BCUT2D eigenvalue weighted by atomic mass is 35.5. The van der Waals surface area contributed by atoms with Crippen molar-refractivity contribution in [2.45, 2.75) is 18.9 Å². The topological polar surface area (TPSA) is 75.6 Å². The summed E-state index contributed by atoms with van der Waals surface area (Å²) in [5.74, 6) is 0.631. The van der Waals surface area contributed by atoms with Crippen LogP contribution in [0.2, 0.25) is 5.15 Å². The lowest BCUT2D eigenvalue weighted by atomic mass is 10.3. The van der Waals surface area contributed by atoms with Gasteiger partial charge >= 0.3 is 0 Å². The van der Waals surface area contributed by atoms with Crippen LogP contribution in [-0.4, -0.2) is 31.1 Å². The van der Waals surface area contributed by atoms with Gasteiger partial charge in [0, 0.05) is 6.04 Å². The Kier molecular flexibility index (Phi) is 3.95. The predicted molar refractivity (Wildman–Crippen MR) is 98.0 cm³/mol. The van der Waals surface area contributed by atoms with Crippen LogP contribution in [-0.2, 0) is 0 Å². The highest BCUT2D eigenvalue weighted by Crippen LogP contribution is 2.20. The summed E-state index contributed by atoms with van der Waals surface area (Å²) in [4.78, 5) is 17.6. The molecule has 1 saturated carbocycles. The molecule has 2 N–H and O–H groups in total. The fourth-order valence-corrected chi connectivity index (χ4v) is 2.64. The van der Waals surface area contributed by atoms with E-state index < -0.39 is 0 Å². The molecule has 6 nitrogen and oxygen atoms in total. The van der Waals surface area contributed by atoms with Gasteiger partial charge in [-0.1, -0.05) is 17.7 Å². The molecule has 0 unspecified atom stereocenters. The summed E-state index contributed by atoms with van der Waals surface area (Å²) in [7, 11) is 0. The van der Waals surface area contributed by atoms with E-state index in [1.807, 2.05) is 24.3 Å². The first kappa shape index (κ1) is 15.2. The fourth-order valence-electron chi connectivity index (χ4n) is 2.21. The minimum atomic E-state index is 0.411. The number of rotatable bonds is 3. The molecule has 0 aromatic carbocycles. The van der Waals surface area contributed by atoms with Crippen LogP contribution in [0.3, 0.4) is 0 Å². The van der Waals surface area contributed by atoms with E-state index in [0.717, 1.165) is 12.8 Å². The smallest absolute Gasteiger partial charge is 0.180 e. The van der Waals surface area contributed by atoms with Crippen molar-refractivity contribution in [1.29, 1.82) is 0 Å². The monoisotopic (exact) mass is 356 g/mol. The zero-order chi connectivity index (χ0) is 16.5. The number of nitrogens with zero attached hydrogens (tertiary/aromatic N) is 4. The summed E-state index contributed by atoms with van der Waals surface area (Å²) in [6, 6.07) is 9.54. The van der Waals surface area contributed by atoms with Crippen LogP contribution in [0.1, 0.15) is 12.8 Å². The van der Waals surface area contributed by atoms with Gasteiger partial charge in [-0.3, -0.25) is 4.98 Å². The van der Waals surface area contributed by atoms with Crippen LogP contribution in [0.25, 0.3) is 22.6 Å². The molecule has 0 spiro atoms. The summed E-state index contributed by atoms with van der Waals surface area (Å²) in [6.45, 7) is 0. The van der Waals surface area contributed by atoms with E-state index in [1.165, 1.54) is 0 Å². The SMILES string of the molecule is S=C(Nc1ccc2ncc(-c3cccc(Cl)n3)nc2n1)NC1CC1. The zero-order valence-corrected chi connectivity index (χ0v) is 14.1. The number of fused-ring (bicyclic) bond motifs is 1. The Morgan fingerprint density at radius 2 is 1.96 bits per heavy atom. The number of hydrogen-bond donors (Lipinski definition) is 2. The third-order valence-electron chi connectivity index (χ3n) is 3.54. The van der Waals surface area contributed by atoms with Gasteiger partial charge in [-0.2, -0.15) is 0 Å². The minimum Gasteiger partial charge on any atom is -0.360 e. The van der Waals surface area contributed by atoms with E-state index in [1.54, 1.807) is 12.3 Å². The van der Waals surface area contributed by atoms with Crippen LogP contribution in [0.15, 0.2) is 36.5 Å². The molecule has 0 radical (unpaired) electrons. The van der Waals surface area contributed by atoms with Gasteiger partial charge in [0.25, 0.3) is 0 Å². The van der Waals surface area contributed by atoms with Crippen molar-refractivity contribution in [2.24, 2.45) is 0 Å². The van der Waals surface area contributed by atoms with Gasteiger partial charge in [-0.15, -0.1) is 0 Å². The molecule has 1 aliphatic rings. The summed E-state index contributed by atoms with van der Waals surface area (Å²) in [5, 5.41) is 7.28. The third kappa shape index (κ3) is 3.42. The maximum absolute atomic E-state index is 5.94. The Labute approximate surface area is 148 Å². The van der Waals surface area contributed by atoms with Gasteiger partial charge in [0.05, 0.1) is 11.9 Å². The Hall–Kier alpha value is -2.38. The molecule has 0 amide bonds. The molecule has 0 bridgehead atoms. The maximum Gasteiger partial charge on any atom is 0.180 e. The first-order valence-corrected chi connectivity index (χ1v) is 8.30. The van der Waals surface area contributed by atoms with E-state index in [-0.39, 0.29) is 0 Å². The van der Waals surface area contributed by atoms with Crippen molar-refractivity contribution in [3.05, 3.63) is 41.7 Å². The summed E-state index contributed by atoms with van der Waals surface area (Å²) < 4.78 is 0. The second-order valence-corrected chi connectivity index (χ2v) is 6.31. The lowest BCUT2D eigenvalue weighted by Crippen LogP contribution is -2.30. The van der Waals surface area contributed by atoms with Crippen LogP contribution in [0, 0.1) is 0 Å². The molecule has 1 aliphatic carbocycles. The van der Waals surface area contributed by atoms with E-state index in [4.69, 9.17) is 23.8 Å². The van der Waals surface area contributed by atoms with Crippen LogP contribution < -0.4 is 10.6 Å². The van der Waals surface area contributed by atoms with Gasteiger partial charge in [0.1, 0.15) is 22.2 Å². The second-order valence-electron chi connectivity index (χ2n) is 5.51. The van der Waals surface area contributed by atoms with Gasteiger partial charge < -0.3 is 10.6 Å². The number of hydrogen-bond acceptors (Lipinski definition) is 5. The zero-order valence-electron chi connectivity index (χ0n) is 12.5. The summed E-state index contributed by atoms with van der Waals surface area (Å²) >= 11 is 11.2. The quantitative estimate of drug-likeness (QED) is 0.551. The third-order valence-corrected chi connectivity index (χ3v) is 3.97. The Bertz CT molecular complexity index is 927. The van der Waals surface area contributed by atoms with E-state index in [2.05, 4.69) is 30.6 Å². The molecule has 3 aromatic heterocycles. The first-order chi connectivity index (χ1) is 11.7. The van der Waals surface area contributed by atoms with Gasteiger partial charge in [0.2, 0.25) is 0 Å². The average molecular weight is 357 g/mol. The van der Waals surface area contributed by atoms with Crippen molar-refractivity contribution in [1.82, 2.24) is 25.3 Å². The highest BCUT2D eigenvalue weighted by Gasteiger charge is 2.21. The molecule has 24 heavy (non-hydrogen) atoms. The van der Waals surface area contributed by atoms with Crippen molar-refractivity contribution in [3.63, 3.8) is 0 Å². The average Bonchev–Trinajstić information content (AvgIpc) is 3.38. The Morgan fingerprint density at radius 3 is 2.75 bits per heavy atom. The lowest BCUT2D eigenvalue weighted by Gasteiger charge is -2.09. The molecule has 1 fully saturated rings. The van der Waals surface area contributed by atoms with Crippen LogP contribution in [0.4, 0.5) is 5.82 Å². The molecule has 4 rings (SSSR count). The molecule has 120 valence electrons. The summed E-state index contributed by atoms with van der Waals surface area (Å²) in [6.07, 6.45) is 3.98. The van der Waals surface area contributed by atoms with Gasteiger partial charge in [-0.25, -0.2) is 15.0 Å². The molecule has 0 atom stereocenters. The van der Waals surface area contributed by atoms with Crippen molar-refractivity contribution in [3.8, 4) is 11.4 Å². The molecular formula is C16H13ClN6S. The molecule has 0 saturated heterocycles. The molecule has 8 heteroatoms. The number of halogens is 1. The Balaban J connectivity index is 1.63. The predicted octanol–water partition coefficient (Wildman–Crippen LogP) is 3.19. The molecule has 3 heterocycles. The van der Waals surface area contributed by atoms with Crippen LogP contribution >= 0.6 is 23.8 Å². The molecule has 3 aromatic rings. The van der Waals surface area contributed by atoms with E-state index in [9.17, 15) is 0 Å². The molecule has 0 aliphatic heterocycles. The lowest BCUT2D eigenvalue weighted by molar-refractivity contribution is 0.918. The largest absolute Gasteiger partial charge is 0.360 e. The van der Waals surface area contributed by atoms with Crippen molar-refractivity contribution >= 4 is 45.9 Å². The van der Waals surface area contributed by atoms with Crippen molar-refractivity contribution in [2.75, 3.05) is 5.32 Å². The van der Waals surface area contributed by atoms with Crippen molar-refractivity contribution < 1.29 is 0 Å². The summed E-state index contributed by atoms with van der Waals surface area (Å²) in [5.41, 5.74) is 2.50. The fraction of sp³-hybridized carbons (Fsp3) is 0.188. The number of nitrogens with one attached hydrogen (secondary N) is 2. The first-order valence-electron chi connectivity index (χ1n) is 7.52. The number of pyridine rings is 2.